The Morgan fingerprint density at radius 3 is 2.47 bits per heavy atom. The van der Waals surface area contributed by atoms with Gasteiger partial charge in [-0.3, -0.25) is 4.79 Å². The Balaban J connectivity index is 1.35. The van der Waals surface area contributed by atoms with Crippen LogP contribution in [-0.4, -0.2) is 27.1 Å². The molecule has 0 spiro atoms. The Morgan fingerprint density at radius 2 is 1.67 bits per heavy atom. The van der Waals surface area contributed by atoms with E-state index in [-0.39, 0.29) is 12.5 Å². The average molecular weight is 473 g/mol. The van der Waals surface area contributed by atoms with E-state index in [1.807, 2.05) is 66.0 Å². The molecule has 1 N–H and O–H groups in total. The van der Waals surface area contributed by atoms with Crippen molar-refractivity contribution in [2.75, 3.05) is 11.9 Å². The molecule has 0 saturated carbocycles. The number of fused-ring (bicyclic) bond motifs is 5. The van der Waals surface area contributed by atoms with E-state index >= 15 is 0 Å². The minimum Gasteiger partial charge on any atom is -0.484 e. The number of carbonyl (C=O) groups excluding carboxylic acids is 1. The lowest BCUT2D eigenvalue weighted by Gasteiger charge is -2.09. The molecule has 0 fully saturated rings. The van der Waals surface area contributed by atoms with E-state index in [1.54, 1.807) is 0 Å². The highest BCUT2D eigenvalue weighted by atomic mass is 16.5. The molecule has 0 bridgehead atoms. The van der Waals surface area contributed by atoms with Crippen molar-refractivity contribution in [3.05, 3.63) is 102 Å². The third kappa shape index (κ3) is 4.03. The highest BCUT2D eigenvalue weighted by Gasteiger charge is 2.15. The molecule has 0 aliphatic heterocycles. The SMILES string of the molecule is Cc1ccc(-c2nn3c4ccc(NC(=O)COc5cccc(C)c5)cc4nc3c3ccccc23)cc1. The summed E-state index contributed by atoms with van der Waals surface area (Å²) in [5.41, 5.74) is 7.31. The van der Waals surface area contributed by atoms with Crippen molar-refractivity contribution < 1.29 is 9.53 Å². The first-order valence-corrected chi connectivity index (χ1v) is 11.8. The Bertz CT molecular complexity index is 1750. The molecular weight excluding hydrogens is 448 g/mol. The Hall–Kier alpha value is -4.71. The lowest BCUT2D eigenvalue weighted by atomic mass is 10.0. The summed E-state index contributed by atoms with van der Waals surface area (Å²) >= 11 is 0. The van der Waals surface area contributed by atoms with E-state index < -0.39 is 0 Å². The molecule has 6 nitrogen and oxygen atoms in total. The number of aromatic nitrogens is 3. The predicted octanol–water partition coefficient (Wildman–Crippen LogP) is 6.34. The molecule has 0 saturated heterocycles. The van der Waals surface area contributed by atoms with E-state index in [1.165, 1.54) is 5.56 Å². The van der Waals surface area contributed by atoms with Crippen LogP contribution in [0.2, 0.25) is 0 Å². The van der Waals surface area contributed by atoms with Crippen molar-refractivity contribution in [1.29, 1.82) is 0 Å². The number of aryl methyl sites for hydroxylation is 2. The molecule has 0 aliphatic carbocycles. The van der Waals surface area contributed by atoms with Crippen molar-refractivity contribution in [2.24, 2.45) is 0 Å². The molecule has 6 aromatic rings. The third-order valence-electron chi connectivity index (χ3n) is 6.22. The fraction of sp³-hybridized carbons (Fsp3) is 0.100. The van der Waals surface area contributed by atoms with Crippen LogP contribution in [0.3, 0.4) is 0 Å². The van der Waals surface area contributed by atoms with Crippen LogP contribution in [0, 0.1) is 13.8 Å². The molecule has 1 amide bonds. The van der Waals surface area contributed by atoms with Gasteiger partial charge in [0.15, 0.2) is 12.3 Å². The number of amides is 1. The van der Waals surface area contributed by atoms with Crippen LogP contribution in [-0.2, 0) is 4.79 Å². The van der Waals surface area contributed by atoms with Crippen LogP contribution < -0.4 is 10.1 Å². The molecule has 2 heterocycles. The number of benzene rings is 4. The standard InChI is InChI=1S/C30H24N4O2/c1-19-10-12-21(13-11-19)29-24-8-3-4-9-25(24)30-32-26-17-22(14-15-27(26)34(30)33-29)31-28(35)18-36-23-7-5-6-20(2)16-23/h3-17H,18H2,1-2H3,(H,31,35). The zero-order chi connectivity index (χ0) is 24.6. The second-order valence-corrected chi connectivity index (χ2v) is 8.96. The molecule has 6 rings (SSSR count). The van der Waals surface area contributed by atoms with Gasteiger partial charge in [0.05, 0.1) is 16.7 Å². The lowest BCUT2D eigenvalue weighted by molar-refractivity contribution is -0.118. The second-order valence-electron chi connectivity index (χ2n) is 8.96. The van der Waals surface area contributed by atoms with Crippen LogP contribution in [0.25, 0.3) is 38.7 Å². The summed E-state index contributed by atoms with van der Waals surface area (Å²) in [6, 6.07) is 29.9. The first-order valence-electron chi connectivity index (χ1n) is 11.8. The van der Waals surface area contributed by atoms with E-state index in [4.69, 9.17) is 14.8 Å². The van der Waals surface area contributed by atoms with Crippen LogP contribution >= 0.6 is 0 Å². The van der Waals surface area contributed by atoms with Gasteiger partial charge in [-0.2, -0.15) is 5.10 Å². The number of rotatable bonds is 5. The van der Waals surface area contributed by atoms with Gasteiger partial charge in [-0.25, -0.2) is 9.50 Å². The minimum atomic E-state index is -0.232. The van der Waals surface area contributed by atoms with Crippen molar-refractivity contribution in [2.45, 2.75) is 13.8 Å². The molecular formula is C30H24N4O2. The Morgan fingerprint density at radius 1 is 0.861 bits per heavy atom. The summed E-state index contributed by atoms with van der Waals surface area (Å²) in [6.45, 7) is 3.99. The first-order chi connectivity index (χ1) is 17.5. The Kier molecular flexibility index (Phi) is 5.34. The van der Waals surface area contributed by atoms with Crippen molar-refractivity contribution in [1.82, 2.24) is 14.6 Å². The van der Waals surface area contributed by atoms with Gasteiger partial charge in [0.25, 0.3) is 5.91 Å². The molecule has 36 heavy (non-hydrogen) atoms. The molecule has 176 valence electrons. The van der Waals surface area contributed by atoms with Crippen molar-refractivity contribution in [3.63, 3.8) is 0 Å². The molecule has 0 aliphatic rings. The van der Waals surface area contributed by atoms with E-state index in [2.05, 4.69) is 48.6 Å². The van der Waals surface area contributed by atoms with Gasteiger partial charge in [0.2, 0.25) is 0 Å². The summed E-state index contributed by atoms with van der Waals surface area (Å²) < 4.78 is 7.51. The predicted molar refractivity (Wildman–Crippen MR) is 143 cm³/mol. The number of imidazole rings is 1. The maximum atomic E-state index is 12.5. The lowest BCUT2D eigenvalue weighted by Crippen LogP contribution is -2.20. The molecule has 0 radical (unpaired) electrons. The highest BCUT2D eigenvalue weighted by Crippen LogP contribution is 2.31. The summed E-state index contributed by atoms with van der Waals surface area (Å²) in [6.07, 6.45) is 0. The van der Waals surface area contributed by atoms with Gasteiger partial charge in [-0.1, -0.05) is 66.2 Å². The number of anilines is 1. The monoisotopic (exact) mass is 472 g/mol. The van der Waals surface area contributed by atoms with Crippen molar-refractivity contribution >= 4 is 39.0 Å². The van der Waals surface area contributed by atoms with Crippen LogP contribution in [0.1, 0.15) is 11.1 Å². The molecule has 6 heteroatoms. The maximum absolute atomic E-state index is 12.5. The molecule has 0 unspecified atom stereocenters. The summed E-state index contributed by atoms with van der Waals surface area (Å²) in [4.78, 5) is 17.4. The maximum Gasteiger partial charge on any atom is 0.262 e. The van der Waals surface area contributed by atoms with Gasteiger partial charge in [0, 0.05) is 22.0 Å². The third-order valence-corrected chi connectivity index (χ3v) is 6.22. The normalized spacial score (nSPS) is 11.3. The topological polar surface area (TPSA) is 68.5 Å². The summed E-state index contributed by atoms with van der Waals surface area (Å²) in [5, 5.41) is 9.98. The quantitative estimate of drug-likeness (QED) is 0.318. The van der Waals surface area contributed by atoms with E-state index in [0.717, 1.165) is 44.3 Å². The van der Waals surface area contributed by atoms with Gasteiger partial charge >= 0.3 is 0 Å². The molecule has 4 aromatic carbocycles. The van der Waals surface area contributed by atoms with Gasteiger partial charge in [0.1, 0.15) is 5.75 Å². The van der Waals surface area contributed by atoms with E-state index in [0.29, 0.717) is 11.4 Å². The zero-order valence-corrected chi connectivity index (χ0v) is 20.0. The number of ether oxygens (including phenoxy) is 1. The number of hydrogen-bond acceptors (Lipinski definition) is 4. The highest BCUT2D eigenvalue weighted by molar-refractivity contribution is 6.04. The largest absolute Gasteiger partial charge is 0.484 e. The summed E-state index contributed by atoms with van der Waals surface area (Å²) in [5.74, 6) is 0.438. The summed E-state index contributed by atoms with van der Waals surface area (Å²) in [7, 11) is 0. The number of carbonyl (C=O) groups is 1. The van der Waals surface area contributed by atoms with E-state index in [9.17, 15) is 4.79 Å². The second kappa shape index (κ2) is 8.82. The number of nitrogens with one attached hydrogen (secondary N) is 1. The fourth-order valence-corrected chi connectivity index (χ4v) is 4.44. The van der Waals surface area contributed by atoms with Gasteiger partial charge in [-0.05, 0) is 49.7 Å². The van der Waals surface area contributed by atoms with Crippen molar-refractivity contribution in [3.8, 4) is 17.0 Å². The van der Waals surface area contributed by atoms with Crippen LogP contribution in [0.15, 0.2) is 91.0 Å². The zero-order valence-electron chi connectivity index (χ0n) is 20.0. The fourth-order valence-electron chi connectivity index (χ4n) is 4.44. The minimum absolute atomic E-state index is 0.0707. The van der Waals surface area contributed by atoms with Crippen LogP contribution in [0.4, 0.5) is 5.69 Å². The average Bonchev–Trinajstić information content (AvgIpc) is 3.26. The van der Waals surface area contributed by atoms with Gasteiger partial charge in [-0.15, -0.1) is 0 Å². The Labute approximate surface area is 208 Å². The number of hydrogen-bond donors (Lipinski definition) is 1. The molecule has 0 atom stereocenters. The number of nitrogens with zero attached hydrogens (tertiary/aromatic N) is 3. The van der Waals surface area contributed by atoms with Crippen LogP contribution in [0.5, 0.6) is 5.75 Å². The first kappa shape index (κ1) is 21.8. The molecule has 2 aromatic heterocycles. The smallest absolute Gasteiger partial charge is 0.262 e. The van der Waals surface area contributed by atoms with Gasteiger partial charge < -0.3 is 10.1 Å².